The molecule has 0 bridgehead atoms. The lowest BCUT2D eigenvalue weighted by molar-refractivity contribution is -0.133. The molecule has 1 aliphatic heterocycles. The van der Waals surface area contributed by atoms with Gasteiger partial charge in [-0.2, -0.15) is 4.98 Å². The minimum atomic E-state index is 0.136. The Labute approximate surface area is 169 Å². The number of nitrogens with zero attached hydrogens (tertiary/aromatic N) is 5. The zero-order valence-electron chi connectivity index (χ0n) is 16.8. The van der Waals surface area contributed by atoms with Crippen molar-refractivity contribution in [2.45, 2.75) is 33.2 Å². The van der Waals surface area contributed by atoms with Crippen molar-refractivity contribution >= 4 is 5.91 Å². The summed E-state index contributed by atoms with van der Waals surface area (Å²) in [6, 6.07) is 9.91. The van der Waals surface area contributed by atoms with E-state index in [9.17, 15) is 4.79 Å². The molecule has 3 aromatic rings. The fourth-order valence-corrected chi connectivity index (χ4v) is 3.55. The Bertz CT molecular complexity index is 958. The number of amides is 1. The van der Waals surface area contributed by atoms with Gasteiger partial charge in [-0.1, -0.05) is 35.5 Å². The van der Waals surface area contributed by atoms with E-state index in [0.29, 0.717) is 50.1 Å². The molecule has 0 aliphatic carbocycles. The molecule has 29 heavy (non-hydrogen) atoms. The maximum Gasteiger partial charge on any atom is 0.223 e. The van der Waals surface area contributed by atoms with E-state index in [1.807, 2.05) is 42.2 Å². The van der Waals surface area contributed by atoms with Gasteiger partial charge in [0.25, 0.3) is 0 Å². The number of piperazine rings is 1. The van der Waals surface area contributed by atoms with Crippen molar-refractivity contribution < 1.29 is 13.7 Å². The Morgan fingerprint density at radius 3 is 2.52 bits per heavy atom. The van der Waals surface area contributed by atoms with Crippen LogP contribution in [0.25, 0.3) is 11.3 Å². The molecule has 1 aromatic carbocycles. The van der Waals surface area contributed by atoms with E-state index in [0.717, 1.165) is 30.1 Å². The molecule has 1 saturated heterocycles. The Kier molecular flexibility index (Phi) is 5.71. The Morgan fingerprint density at radius 2 is 1.83 bits per heavy atom. The van der Waals surface area contributed by atoms with Crippen LogP contribution in [0, 0.1) is 13.8 Å². The quantitative estimate of drug-likeness (QED) is 0.634. The van der Waals surface area contributed by atoms with Gasteiger partial charge in [0.15, 0.2) is 17.5 Å². The lowest BCUT2D eigenvalue weighted by Crippen LogP contribution is -2.48. The second kappa shape index (κ2) is 8.57. The fraction of sp³-hybridized carbons (Fsp3) is 0.429. The standard InChI is InChI=1S/C21H25N5O3/c1-15-21(17-6-4-3-5-7-17)28-19(22-15)8-9-20(27)26-12-10-25(11-13-26)14-18-23-16(2)29-24-18/h3-7H,8-14H2,1-2H3. The highest BCUT2D eigenvalue weighted by atomic mass is 16.5. The molecule has 8 heteroatoms. The van der Waals surface area contributed by atoms with Crippen LogP contribution in [0.3, 0.4) is 0 Å². The van der Waals surface area contributed by atoms with Crippen molar-refractivity contribution in [3.63, 3.8) is 0 Å². The van der Waals surface area contributed by atoms with Crippen molar-refractivity contribution in [3.05, 3.63) is 53.6 Å². The minimum Gasteiger partial charge on any atom is -0.440 e. The summed E-state index contributed by atoms with van der Waals surface area (Å²) in [6.45, 7) is 7.38. The predicted molar refractivity (Wildman–Crippen MR) is 106 cm³/mol. The first-order valence-electron chi connectivity index (χ1n) is 9.89. The highest BCUT2D eigenvalue weighted by Gasteiger charge is 2.22. The number of rotatable bonds is 6. The molecule has 152 valence electrons. The first-order valence-corrected chi connectivity index (χ1v) is 9.89. The minimum absolute atomic E-state index is 0.136. The molecule has 0 radical (unpaired) electrons. The van der Waals surface area contributed by atoms with Gasteiger partial charge in [0, 0.05) is 51.5 Å². The van der Waals surface area contributed by atoms with Crippen LogP contribution in [0.4, 0.5) is 0 Å². The highest BCUT2D eigenvalue weighted by molar-refractivity contribution is 5.76. The number of oxazole rings is 1. The number of carbonyl (C=O) groups excluding carboxylic acids is 1. The maximum absolute atomic E-state index is 12.6. The van der Waals surface area contributed by atoms with Gasteiger partial charge in [0.2, 0.25) is 11.8 Å². The molecule has 1 fully saturated rings. The second-order valence-electron chi connectivity index (χ2n) is 7.27. The van der Waals surface area contributed by atoms with Gasteiger partial charge in [0.05, 0.1) is 12.2 Å². The van der Waals surface area contributed by atoms with Crippen LogP contribution in [-0.4, -0.2) is 57.0 Å². The second-order valence-corrected chi connectivity index (χ2v) is 7.27. The van der Waals surface area contributed by atoms with Crippen LogP contribution >= 0.6 is 0 Å². The third-order valence-corrected chi connectivity index (χ3v) is 5.09. The average Bonchev–Trinajstić information content (AvgIpc) is 3.32. The largest absolute Gasteiger partial charge is 0.440 e. The van der Waals surface area contributed by atoms with E-state index in [2.05, 4.69) is 20.0 Å². The first-order chi connectivity index (χ1) is 14.1. The van der Waals surface area contributed by atoms with Crippen molar-refractivity contribution in [3.8, 4) is 11.3 Å². The van der Waals surface area contributed by atoms with E-state index in [-0.39, 0.29) is 5.91 Å². The van der Waals surface area contributed by atoms with E-state index >= 15 is 0 Å². The number of hydrogen-bond acceptors (Lipinski definition) is 7. The van der Waals surface area contributed by atoms with E-state index in [1.165, 1.54) is 0 Å². The Balaban J connectivity index is 1.26. The maximum atomic E-state index is 12.6. The zero-order chi connectivity index (χ0) is 20.2. The van der Waals surface area contributed by atoms with Crippen LogP contribution < -0.4 is 0 Å². The molecular formula is C21H25N5O3. The molecule has 8 nitrogen and oxygen atoms in total. The Morgan fingerprint density at radius 1 is 1.07 bits per heavy atom. The lowest BCUT2D eigenvalue weighted by atomic mass is 10.1. The number of aromatic nitrogens is 3. The molecule has 4 rings (SSSR count). The SMILES string of the molecule is Cc1nc(CN2CCN(C(=O)CCc3nc(C)c(-c4ccccc4)o3)CC2)no1. The Hall–Kier alpha value is -3.00. The molecular weight excluding hydrogens is 370 g/mol. The van der Waals surface area contributed by atoms with Gasteiger partial charge in [-0.3, -0.25) is 9.69 Å². The lowest BCUT2D eigenvalue weighted by Gasteiger charge is -2.34. The highest BCUT2D eigenvalue weighted by Crippen LogP contribution is 2.24. The van der Waals surface area contributed by atoms with Crippen LogP contribution in [0.1, 0.15) is 29.7 Å². The zero-order valence-corrected chi connectivity index (χ0v) is 16.8. The molecule has 1 amide bonds. The van der Waals surface area contributed by atoms with Gasteiger partial charge in [-0.25, -0.2) is 4.98 Å². The molecule has 0 spiro atoms. The van der Waals surface area contributed by atoms with Gasteiger partial charge < -0.3 is 13.8 Å². The average molecular weight is 395 g/mol. The number of benzene rings is 1. The van der Waals surface area contributed by atoms with Crippen molar-refractivity contribution in [2.75, 3.05) is 26.2 Å². The molecule has 0 saturated carbocycles. The monoisotopic (exact) mass is 395 g/mol. The summed E-state index contributed by atoms with van der Waals surface area (Å²) in [6.07, 6.45) is 0.910. The van der Waals surface area contributed by atoms with Crippen LogP contribution in [0.2, 0.25) is 0 Å². The topological polar surface area (TPSA) is 88.5 Å². The summed E-state index contributed by atoms with van der Waals surface area (Å²) in [7, 11) is 0. The third kappa shape index (κ3) is 4.71. The molecule has 3 heterocycles. The number of carbonyl (C=O) groups is 1. The van der Waals surface area contributed by atoms with Gasteiger partial charge in [0.1, 0.15) is 0 Å². The summed E-state index contributed by atoms with van der Waals surface area (Å²) in [5.41, 5.74) is 1.85. The van der Waals surface area contributed by atoms with E-state index < -0.39 is 0 Å². The molecule has 0 atom stereocenters. The van der Waals surface area contributed by atoms with E-state index in [1.54, 1.807) is 6.92 Å². The van der Waals surface area contributed by atoms with Crippen LogP contribution in [0.5, 0.6) is 0 Å². The van der Waals surface area contributed by atoms with Gasteiger partial charge in [-0.05, 0) is 6.92 Å². The smallest absolute Gasteiger partial charge is 0.223 e. The number of hydrogen-bond donors (Lipinski definition) is 0. The summed E-state index contributed by atoms with van der Waals surface area (Å²) in [4.78, 5) is 25.5. The third-order valence-electron chi connectivity index (χ3n) is 5.09. The number of aryl methyl sites for hydroxylation is 3. The fourth-order valence-electron chi connectivity index (χ4n) is 3.55. The predicted octanol–water partition coefficient (Wildman–Crippen LogP) is 2.62. The summed E-state index contributed by atoms with van der Waals surface area (Å²) < 4.78 is 10.9. The van der Waals surface area contributed by atoms with Crippen LogP contribution in [0.15, 0.2) is 39.3 Å². The first kappa shape index (κ1) is 19.3. The molecule has 0 N–H and O–H groups in total. The van der Waals surface area contributed by atoms with Crippen LogP contribution in [-0.2, 0) is 17.8 Å². The summed E-state index contributed by atoms with van der Waals surface area (Å²) in [5, 5.41) is 3.93. The molecule has 1 aliphatic rings. The van der Waals surface area contributed by atoms with Gasteiger partial charge >= 0.3 is 0 Å². The van der Waals surface area contributed by atoms with E-state index in [4.69, 9.17) is 8.94 Å². The normalized spacial score (nSPS) is 15.0. The van der Waals surface area contributed by atoms with Crippen molar-refractivity contribution in [1.29, 1.82) is 0 Å². The summed E-state index contributed by atoms with van der Waals surface area (Å²) >= 11 is 0. The van der Waals surface area contributed by atoms with Gasteiger partial charge in [-0.15, -0.1) is 0 Å². The summed E-state index contributed by atoms with van der Waals surface area (Å²) in [5.74, 6) is 2.79. The van der Waals surface area contributed by atoms with Crippen molar-refractivity contribution in [1.82, 2.24) is 24.9 Å². The van der Waals surface area contributed by atoms with Crippen molar-refractivity contribution in [2.24, 2.45) is 0 Å². The molecule has 0 unspecified atom stereocenters. The molecule has 2 aromatic heterocycles.